The Morgan fingerprint density at radius 1 is 0.309 bits per heavy atom. The molecule has 0 saturated heterocycles. The van der Waals surface area contributed by atoms with Crippen LogP contribution in [0, 0.1) is 0 Å². The molecule has 0 aliphatic heterocycles. The van der Waals surface area contributed by atoms with Gasteiger partial charge in [0.1, 0.15) is 11.9 Å². The van der Waals surface area contributed by atoms with Gasteiger partial charge in [0, 0.05) is 5.56 Å². The smallest absolute Gasteiger partial charge is 0.195 e. The van der Waals surface area contributed by atoms with E-state index in [1.54, 1.807) is 0 Å². The summed E-state index contributed by atoms with van der Waals surface area (Å²) in [4.78, 5) is 1.76. The minimum atomic E-state index is -4.77. The van der Waals surface area contributed by atoms with Crippen molar-refractivity contribution in [2.24, 2.45) is 0 Å². The molecule has 68 heavy (non-hydrogen) atoms. The van der Waals surface area contributed by atoms with Crippen molar-refractivity contribution in [3.8, 4) is 11.1 Å². The highest BCUT2D eigenvalue weighted by Crippen LogP contribution is 2.35. The third-order valence-electron chi connectivity index (χ3n) is 11.6. The SMILES string of the molecule is FC(F)(F)c1ccc([B-](c2ccc(C(F)(F)F)cc2)(c2ccc(C(F)(F)F)cc2)c2ccc(C(F)(F)F)cc2)cc1.O=[S+](Cc1ccc(-c2ccccc2)cc1)(c1ccccc1)c1ccccc1. The Kier molecular flexibility index (Phi) is 14.0. The van der Waals surface area contributed by atoms with Crippen molar-refractivity contribution in [2.45, 2.75) is 40.2 Å². The van der Waals surface area contributed by atoms with Crippen LogP contribution < -0.4 is 21.9 Å². The molecule has 0 N–H and O–H groups in total. The van der Waals surface area contributed by atoms with Gasteiger partial charge >= 0.3 is 24.7 Å². The topological polar surface area (TPSA) is 17.1 Å². The van der Waals surface area contributed by atoms with Crippen LogP contribution in [0.1, 0.15) is 27.8 Å². The highest BCUT2D eigenvalue weighted by molar-refractivity contribution is 8.02. The summed E-state index contributed by atoms with van der Waals surface area (Å²) in [6.07, 6.45) is -22.0. The number of alkyl halides is 12. The Balaban J connectivity index is 0.000000218. The molecule has 0 amide bonds. The molecule has 15 heteroatoms. The third kappa shape index (κ3) is 10.8. The Bertz CT molecular complexity index is 2660. The molecule has 0 atom stereocenters. The van der Waals surface area contributed by atoms with E-state index in [2.05, 4.69) is 36.4 Å². The van der Waals surface area contributed by atoms with Gasteiger partial charge in [-0.1, -0.05) is 192 Å². The average molecular weight is 961 g/mol. The van der Waals surface area contributed by atoms with E-state index in [1.165, 1.54) is 11.1 Å². The second kappa shape index (κ2) is 19.4. The molecule has 8 rings (SSSR count). The minimum absolute atomic E-state index is 0.0114. The summed E-state index contributed by atoms with van der Waals surface area (Å²) < 4.78 is 174. The summed E-state index contributed by atoms with van der Waals surface area (Å²) in [5.41, 5.74) is -0.856. The van der Waals surface area contributed by atoms with Crippen LogP contribution in [-0.2, 0) is 44.6 Å². The first-order valence-corrected chi connectivity index (χ1v) is 22.5. The lowest BCUT2D eigenvalue weighted by atomic mass is 9.13. The molecule has 0 aliphatic rings. The van der Waals surface area contributed by atoms with Crippen molar-refractivity contribution < 1.29 is 56.9 Å². The summed E-state index contributed by atoms with van der Waals surface area (Å²) >= 11 is 0. The molecule has 0 fully saturated rings. The van der Waals surface area contributed by atoms with Crippen molar-refractivity contribution in [3.63, 3.8) is 0 Å². The van der Waals surface area contributed by atoms with Crippen LogP contribution in [0.3, 0.4) is 0 Å². The fraction of sp³-hybridized carbons (Fsp3) is 0.0943. The van der Waals surface area contributed by atoms with Gasteiger partial charge in [0.2, 0.25) is 0 Å². The lowest BCUT2D eigenvalue weighted by Gasteiger charge is -2.44. The number of benzene rings is 8. The Morgan fingerprint density at radius 2 is 0.559 bits per heavy atom. The first-order chi connectivity index (χ1) is 32.1. The van der Waals surface area contributed by atoms with Crippen LogP contribution in [0.25, 0.3) is 11.1 Å². The standard InChI is InChI=1S/C28H16BF12.C25H21OS/c30-25(31,32)17-1-9-21(10-2-17)29(22-11-3-18(4-12-22)26(33,34)35,23-13-5-19(6-14-23)27(36,37)38)24-15-7-20(8-16-24)28(39,40)41;26-27(24-12-6-2-7-13-24,25-14-8-3-9-15-25)20-21-16-18-23(19-17-21)22-10-4-1-5-11-22/h1-16H;1-19H,20H2/q-1;+1. The van der Waals surface area contributed by atoms with Gasteiger partial charge < -0.3 is 0 Å². The van der Waals surface area contributed by atoms with Crippen LogP contribution in [0.5, 0.6) is 0 Å². The van der Waals surface area contributed by atoms with E-state index in [1.807, 2.05) is 78.9 Å². The van der Waals surface area contributed by atoms with Crippen molar-refractivity contribution >= 4 is 37.9 Å². The minimum Gasteiger partial charge on any atom is -0.195 e. The predicted octanol–water partition coefficient (Wildman–Crippen LogP) is 13.6. The maximum atomic E-state index is 14.1. The number of halogens is 12. The first-order valence-electron chi connectivity index (χ1n) is 20.7. The van der Waals surface area contributed by atoms with Crippen LogP contribution in [0.15, 0.2) is 222 Å². The molecular weight excluding hydrogens is 923 g/mol. The van der Waals surface area contributed by atoms with E-state index in [0.717, 1.165) is 63.9 Å². The molecule has 0 aliphatic carbocycles. The monoisotopic (exact) mass is 960 g/mol. The van der Waals surface area contributed by atoms with Crippen molar-refractivity contribution in [1.29, 1.82) is 0 Å². The molecule has 0 saturated carbocycles. The highest BCUT2D eigenvalue weighted by atomic mass is 32.2. The molecular formula is C53H37BF12OS. The second-order valence-corrected chi connectivity index (χ2v) is 18.4. The molecule has 1 nitrogen and oxygen atoms in total. The second-order valence-electron chi connectivity index (χ2n) is 15.9. The molecule has 0 radical (unpaired) electrons. The lowest BCUT2D eigenvalue weighted by Crippen LogP contribution is -2.74. The van der Waals surface area contributed by atoms with Gasteiger partial charge in [-0.05, 0) is 35.4 Å². The van der Waals surface area contributed by atoms with E-state index in [9.17, 15) is 56.9 Å². The van der Waals surface area contributed by atoms with E-state index in [4.69, 9.17) is 0 Å². The van der Waals surface area contributed by atoms with E-state index in [-0.39, 0.29) is 21.9 Å². The maximum absolute atomic E-state index is 14.1. The van der Waals surface area contributed by atoms with Crippen molar-refractivity contribution in [1.82, 2.24) is 0 Å². The zero-order valence-corrected chi connectivity index (χ0v) is 36.2. The normalized spacial score (nSPS) is 12.5. The fourth-order valence-corrected chi connectivity index (χ4v) is 10.7. The van der Waals surface area contributed by atoms with E-state index in [0.29, 0.717) is 54.3 Å². The third-order valence-corrected chi connectivity index (χ3v) is 14.4. The van der Waals surface area contributed by atoms with E-state index < -0.39 is 63.0 Å². The average Bonchev–Trinajstić information content (AvgIpc) is 3.33. The summed E-state index contributed by atoms with van der Waals surface area (Å²) in [6, 6.07) is 51.9. The van der Waals surface area contributed by atoms with Gasteiger partial charge in [-0.15, -0.1) is 0 Å². The Morgan fingerprint density at radius 3 is 0.824 bits per heavy atom. The largest absolute Gasteiger partial charge is 0.416 e. The molecule has 0 unspecified atom stereocenters. The zero-order chi connectivity index (χ0) is 49.0. The molecule has 8 aromatic carbocycles. The van der Waals surface area contributed by atoms with E-state index >= 15 is 0 Å². The van der Waals surface area contributed by atoms with Gasteiger partial charge in [-0.3, -0.25) is 0 Å². The van der Waals surface area contributed by atoms with Crippen LogP contribution in [0.4, 0.5) is 52.7 Å². The molecule has 0 heterocycles. The number of hydrogen-bond donors (Lipinski definition) is 0. The fourth-order valence-electron chi connectivity index (χ4n) is 8.24. The van der Waals surface area contributed by atoms with Crippen LogP contribution >= 0.6 is 0 Å². The predicted molar refractivity (Wildman–Crippen MR) is 243 cm³/mol. The summed E-state index contributed by atoms with van der Waals surface area (Å²) in [5.74, 6) is 0.496. The summed E-state index contributed by atoms with van der Waals surface area (Å²) in [7, 11) is -2.38. The quantitative estimate of drug-likeness (QED) is 0.0800. The van der Waals surface area contributed by atoms with Crippen molar-refractivity contribution in [3.05, 3.63) is 240 Å². The van der Waals surface area contributed by atoms with Crippen LogP contribution in [-0.4, -0.2) is 6.15 Å². The highest BCUT2D eigenvalue weighted by Gasteiger charge is 2.39. The van der Waals surface area contributed by atoms with Crippen molar-refractivity contribution in [2.75, 3.05) is 0 Å². The van der Waals surface area contributed by atoms with Gasteiger partial charge in [-0.25, -0.2) is 0 Å². The number of rotatable bonds is 9. The van der Waals surface area contributed by atoms with Gasteiger partial charge in [0.05, 0.1) is 22.3 Å². The molecule has 348 valence electrons. The van der Waals surface area contributed by atoms with Gasteiger partial charge in [0.25, 0.3) is 0 Å². The van der Waals surface area contributed by atoms with Gasteiger partial charge in [0.15, 0.2) is 19.7 Å². The van der Waals surface area contributed by atoms with Crippen LogP contribution in [0.2, 0.25) is 0 Å². The summed E-state index contributed by atoms with van der Waals surface area (Å²) in [5, 5.41) is 0. The lowest BCUT2D eigenvalue weighted by molar-refractivity contribution is -0.138. The molecule has 0 aromatic heterocycles. The number of hydrogen-bond acceptors (Lipinski definition) is 1. The summed E-state index contributed by atoms with van der Waals surface area (Å²) in [6.45, 7) is 0. The Labute approximate surface area is 385 Å². The molecule has 8 aromatic rings. The first kappa shape index (κ1) is 49.1. The maximum Gasteiger partial charge on any atom is 0.416 e. The molecule has 0 spiro atoms. The molecule has 0 bridgehead atoms. The van der Waals surface area contributed by atoms with Gasteiger partial charge in [-0.2, -0.15) is 74.5 Å². The Hall–Kier alpha value is -6.87. The zero-order valence-electron chi connectivity index (χ0n) is 35.3.